The largest absolute Gasteiger partial charge is 0.493 e. The van der Waals surface area contributed by atoms with E-state index in [9.17, 15) is 9.59 Å². The average molecular weight is 366 g/mol. The maximum Gasteiger partial charge on any atom is 0.246 e. The lowest BCUT2D eigenvalue weighted by Crippen LogP contribution is -2.42. The van der Waals surface area contributed by atoms with E-state index in [1.165, 1.54) is 6.08 Å². The highest BCUT2D eigenvalue weighted by atomic mass is 16.5. The zero-order chi connectivity index (χ0) is 19.2. The topological polar surface area (TPSA) is 76.7 Å². The molecule has 1 aliphatic rings. The first kappa shape index (κ1) is 18.5. The van der Waals surface area contributed by atoms with E-state index in [4.69, 9.17) is 9.47 Å². The number of ether oxygens (including phenoxy) is 2. The van der Waals surface area contributed by atoms with E-state index in [0.29, 0.717) is 29.9 Å². The van der Waals surface area contributed by atoms with Crippen molar-refractivity contribution >= 4 is 23.6 Å². The number of anilines is 1. The van der Waals surface area contributed by atoms with Gasteiger partial charge in [0.2, 0.25) is 11.8 Å². The summed E-state index contributed by atoms with van der Waals surface area (Å²) in [7, 11) is 3.10. The summed E-state index contributed by atoms with van der Waals surface area (Å²) in [5.41, 5.74) is 2.58. The van der Waals surface area contributed by atoms with Crippen molar-refractivity contribution in [3.63, 3.8) is 0 Å². The molecule has 1 atom stereocenters. The molecular formula is C21H22N2O4. The van der Waals surface area contributed by atoms with Crippen LogP contribution in [0.5, 0.6) is 11.5 Å². The van der Waals surface area contributed by atoms with Crippen molar-refractivity contribution in [2.45, 2.75) is 18.9 Å². The highest BCUT2D eigenvalue weighted by Crippen LogP contribution is 2.31. The van der Waals surface area contributed by atoms with E-state index >= 15 is 0 Å². The molecule has 0 aliphatic carbocycles. The Balaban J connectivity index is 1.68. The molecule has 2 amide bonds. The molecule has 0 bridgehead atoms. The average Bonchev–Trinajstić information content (AvgIpc) is 2.84. The van der Waals surface area contributed by atoms with Crippen LogP contribution in [0, 0.1) is 0 Å². The van der Waals surface area contributed by atoms with Gasteiger partial charge in [0.15, 0.2) is 11.5 Å². The number of aryl methyl sites for hydroxylation is 1. The minimum atomic E-state index is -0.582. The summed E-state index contributed by atoms with van der Waals surface area (Å²) in [6.45, 7) is 0. The molecule has 1 heterocycles. The fourth-order valence-electron chi connectivity index (χ4n) is 3.08. The fourth-order valence-corrected chi connectivity index (χ4v) is 3.08. The molecule has 140 valence electrons. The number of rotatable bonds is 5. The zero-order valence-electron chi connectivity index (χ0n) is 15.3. The highest BCUT2D eigenvalue weighted by molar-refractivity contribution is 6.01. The Morgan fingerprint density at radius 2 is 1.96 bits per heavy atom. The van der Waals surface area contributed by atoms with Crippen LogP contribution in [-0.2, 0) is 16.0 Å². The van der Waals surface area contributed by atoms with E-state index in [1.54, 1.807) is 26.4 Å². The Morgan fingerprint density at radius 3 is 2.74 bits per heavy atom. The van der Waals surface area contributed by atoms with Gasteiger partial charge in [-0.2, -0.15) is 0 Å². The number of benzene rings is 2. The predicted molar refractivity (Wildman–Crippen MR) is 104 cm³/mol. The van der Waals surface area contributed by atoms with Gasteiger partial charge >= 0.3 is 0 Å². The number of carbonyl (C=O) groups excluding carboxylic acids is 2. The molecule has 0 fully saturated rings. The summed E-state index contributed by atoms with van der Waals surface area (Å²) in [6.07, 6.45) is 4.29. The smallest absolute Gasteiger partial charge is 0.246 e. The van der Waals surface area contributed by atoms with Gasteiger partial charge in [-0.25, -0.2) is 0 Å². The third kappa shape index (κ3) is 4.28. The fraction of sp³-hybridized carbons (Fsp3) is 0.238. The molecule has 0 radical (unpaired) electrons. The lowest BCUT2D eigenvalue weighted by atomic mass is 10.1. The summed E-state index contributed by atoms with van der Waals surface area (Å²) < 4.78 is 10.6. The first-order valence-corrected chi connectivity index (χ1v) is 8.70. The minimum absolute atomic E-state index is 0.208. The molecular weight excluding hydrogens is 344 g/mol. The first-order valence-electron chi connectivity index (χ1n) is 8.70. The first-order chi connectivity index (χ1) is 13.1. The van der Waals surface area contributed by atoms with Crippen LogP contribution in [0.4, 0.5) is 5.69 Å². The summed E-state index contributed by atoms with van der Waals surface area (Å²) >= 11 is 0. The molecule has 0 saturated heterocycles. The molecule has 1 unspecified atom stereocenters. The van der Waals surface area contributed by atoms with Crippen LogP contribution in [0.15, 0.2) is 48.5 Å². The van der Waals surface area contributed by atoms with E-state index in [-0.39, 0.29) is 11.8 Å². The van der Waals surface area contributed by atoms with Gasteiger partial charge < -0.3 is 20.1 Å². The molecule has 6 nitrogen and oxygen atoms in total. The number of hydrogen-bond donors (Lipinski definition) is 2. The second-order valence-electron chi connectivity index (χ2n) is 6.16. The van der Waals surface area contributed by atoms with Gasteiger partial charge in [0, 0.05) is 17.3 Å². The minimum Gasteiger partial charge on any atom is -0.493 e. The maximum absolute atomic E-state index is 12.4. The van der Waals surface area contributed by atoms with Crippen LogP contribution in [0.1, 0.15) is 17.5 Å². The van der Waals surface area contributed by atoms with E-state index in [2.05, 4.69) is 10.6 Å². The number of para-hydroxylation sites is 2. The molecule has 1 aliphatic heterocycles. The molecule has 27 heavy (non-hydrogen) atoms. The van der Waals surface area contributed by atoms with Crippen LogP contribution in [0.2, 0.25) is 0 Å². The Hall–Kier alpha value is -3.28. The Bertz CT molecular complexity index is 876. The summed E-state index contributed by atoms with van der Waals surface area (Å²) in [6, 6.07) is 12.5. The van der Waals surface area contributed by atoms with Crippen molar-refractivity contribution in [3.05, 3.63) is 59.7 Å². The van der Waals surface area contributed by atoms with E-state index in [0.717, 1.165) is 11.3 Å². The van der Waals surface area contributed by atoms with Gasteiger partial charge in [0.05, 0.1) is 14.2 Å². The third-order valence-corrected chi connectivity index (χ3v) is 4.46. The van der Waals surface area contributed by atoms with Crippen molar-refractivity contribution < 1.29 is 19.1 Å². The van der Waals surface area contributed by atoms with Crippen molar-refractivity contribution in [1.29, 1.82) is 0 Å². The Kier molecular flexibility index (Phi) is 5.76. The SMILES string of the molecule is COc1cccc(C=CC(=O)NC2CCc3ccccc3NC2=O)c1OC. The molecule has 2 aromatic carbocycles. The second-order valence-corrected chi connectivity index (χ2v) is 6.16. The van der Waals surface area contributed by atoms with Crippen LogP contribution >= 0.6 is 0 Å². The molecule has 6 heteroatoms. The van der Waals surface area contributed by atoms with Crippen molar-refractivity contribution in [3.8, 4) is 11.5 Å². The Morgan fingerprint density at radius 1 is 1.15 bits per heavy atom. The molecule has 0 aromatic heterocycles. The van der Waals surface area contributed by atoms with Gasteiger partial charge in [-0.3, -0.25) is 9.59 Å². The summed E-state index contributed by atoms with van der Waals surface area (Å²) in [4.78, 5) is 24.7. The molecule has 2 N–H and O–H groups in total. The number of hydrogen-bond acceptors (Lipinski definition) is 4. The molecule has 3 rings (SSSR count). The number of amides is 2. The lowest BCUT2D eigenvalue weighted by molar-refractivity contribution is -0.123. The predicted octanol–water partition coefficient (Wildman–Crippen LogP) is 2.79. The van der Waals surface area contributed by atoms with E-state index < -0.39 is 6.04 Å². The normalized spacial score (nSPS) is 16.2. The van der Waals surface area contributed by atoms with Gasteiger partial charge in [-0.15, -0.1) is 0 Å². The zero-order valence-corrected chi connectivity index (χ0v) is 15.3. The van der Waals surface area contributed by atoms with Gasteiger partial charge in [-0.05, 0) is 36.6 Å². The standard InChI is InChI=1S/C21H22N2O4/c1-26-18-9-5-7-15(20(18)27-2)11-13-19(24)22-17-12-10-14-6-3-4-8-16(14)23-21(17)25/h3-9,11,13,17H,10,12H2,1-2H3,(H,22,24)(H,23,25). The number of methoxy groups -OCH3 is 2. The number of fused-ring (bicyclic) bond motifs is 1. The van der Waals surface area contributed by atoms with Crippen LogP contribution in [-0.4, -0.2) is 32.1 Å². The van der Waals surface area contributed by atoms with Crippen LogP contribution < -0.4 is 20.1 Å². The van der Waals surface area contributed by atoms with Crippen LogP contribution in [0.25, 0.3) is 6.08 Å². The monoisotopic (exact) mass is 366 g/mol. The van der Waals surface area contributed by atoms with Gasteiger partial charge in [0.25, 0.3) is 0 Å². The third-order valence-electron chi connectivity index (χ3n) is 4.46. The lowest BCUT2D eigenvalue weighted by Gasteiger charge is -2.14. The maximum atomic E-state index is 12.4. The van der Waals surface area contributed by atoms with Crippen LogP contribution in [0.3, 0.4) is 0 Å². The van der Waals surface area contributed by atoms with Crippen molar-refractivity contribution in [2.24, 2.45) is 0 Å². The summed E-state index contributed by atoms with van der Waals surface area (Å²) in [5.74, 6) is 0.583. The van der Waals surface area contributed by atoms with Crippen molar-refractivity contribution in [2.75, 3.05) is 19.5 Å². The molecule has 0 saturated carbocycles. The summed E-state index contributed by atoms with van der Waals surface area (Å²) in [5, 5.41) is 5.64. The van der Waals surface area contributed by atoms with Crippen molar-refractivity contribution in [1.82, 2.24) is 5.32 Å². The van der Waals surface area contributed by atoms with Gasteiger partial charge in [-0.1, -0.05) is 30.3 Å². The second kappa shape index (κ2) is 8.40. The quantitative estimate of drug-likeness (QED) is 0.798. The number of carbonyl (C=O) groups is 2. The van der Waals surface area contributed by atoms with E-state index in [1.807, 2.05) is 36.4 Å². The number of nitrogens with one attached hydrogen (secondary N) is 2. The Labute approximate surface area is 158 Å². The van der Waals surface area contributed by atoms with Gasteiger partial charge in [0.1, 0.15) is 6.04 Å². The highest BCUT2D eigenvalue weighted by Gasteiger charge is 2.24. The molecule has 2 aromatic rings. The molecule has 0 spiro atoms.